The first-order valence-corrected chi connectivity index (χ1v) is 8.89. The first-order valence-electron chi connectivity index (χ1n) is 8.89. The van der Waals surface area contributed by atoms with Crippen molar-refractivity contribution >= 4 is 0 Å². The molecular weight excluding hydrogens is 276 g/mol. The van der Waals surface area contributed by atoms with Gasteiger partial charge in [0, 0.05) is 5.41 Å². The van der Waals surface area contributed by atoms with Crippen LogP contribution in [0.4, 0.5) is 0 Å². The minimum absolute atomic E-state index is 0.0152. The third-order valence-electron chi connectivity index (χ3n) is 7.37. The summed E-state index contributed by atoms with van der Waals surface area (Å²) in [5.41, 5.74) is 3.29. The molecule has 1 fully saturated rings. The highest BCUT2D eigenvalue weighted by molar-refractivity contribution is 5.47. The monoisotopic (exact) mass is 306 g/mol. The van der Waals surface area contributed by atoms with Crippen LogP contribution in [0.2, 0.25) is 0 Å². The second-order valence-corrected chi connectivity index (χ2v) is 8.50. The molecule has 0 radical (unpaired) electrons. The predicted molar refractivity (Wildman–Crippen MR) is 99.6 cm³/mol. The van der Waals surface area contributed by atoms with Gasteiger partial charge in [-0.15, -0.1) is 0 Å². The molecule has 0 nitrogen and oxygen atoms in total. The first-order chi connectivity index (χ1) is 10.8. The third-order valence-corrected chi connectivity index (χ3v) is 7.37. The maximum atomic E-state index is 2.48. The summed E-state index contributed by atoms with van der Waals surface area (Å²) in [4.78, 5) is 0. The summed E-state index contributed by atoms with van der Waals surface area (Å²) < 4.78 is 0. The van der Waals surface area contributed by atoms with Gasteiger partial charge >= 0.3 is 0 Å². The molecule has 122 valence electrons. The number of hydrogen-bond donors (Lipinski definition) is 0. The van der Waals surface area contributed by atoms with Crippen LogP contribution < -0.4 is 0 Å². The molecule has 2 unspecified atom stereocenters. The van der Waals surface area contributed by atoms with Gasteiger partial charge in [0.2, 0.25) is 0 Å². The Labute approximate surface area is 141 Å². The van der Waals surface area contributed by atoms with Gasteiger partial charge < -0.3 is 0 Å². The van der Waals surface area contributed by atoms with Crippen molar-refractivity contribution in [1.82, 2.24) is 0 Å². The summed E-state index contributed by atoms with van der Waals surface area (Å²) in [6.45, 7) is 14.8. The summed E-state index contributed by atoms with van der Waals surface area (Å²) in [7, 11) is 0. The van der Waals surface area contributed by atoms with E-state index < -0.39 is 0 Å². The van der Waals surface area contributed by atoms with E-state index in [4.69, 9.17) is 0 Å². The lowest BCUT2D eigenvalue weighted by Crippen LogP contribution is -2.49. The zero-order valence-electron chi connectivity index (χ0n) is 15.4. The van der Waals surface area contributed by atoms with Gasteiger partial charge in [-0.2, -0.15) is 0 Å². The first kappa shape index (κ1) is 16.3. The van der Waals surface area contributed by atoms with Crippen LogP contribution in [-0.4, -0.2) is 0 Å². The molecule has 3 rings (SSSR count). The van der Waals surface area contributed by atoms with Crippen LogP contribution >= 0.6 is 0 Å². The second-order valence-electron chi connectivity index (χ2n) is 8.50. The molecule has 1 aliphatic rings. The van der Waals surface area contributed by atoms with Gasteiger partial charge in [0.05, 0.1) is 0 Å². The molecule has 0 aromatic heterocycles. The topological polar surface area (TPSA) is 0 Å². The molecule has 2 aromatic carbocycles. The Kier molecular flexibility index (Phi) is 3.71. The average molecular weight is 306 g/mol. The molecule has 0 N–H and O–H groups in total. The highest BCUT2D eigenvalue weighted by atomic mass is 14.7. The summed E-state index contributed by atoms with van der Waals surface area (Å²) in [5, 5.41) is 0. The van der Waals surface area contributed by atoms with Crippen LogP contribution in [0.1, 0.15) is 52.7 Å². The smallest absolute Gasteiger partial charge is 0.0310 e. The molecule has 2 atom stereocenters. The molecule has 0 aliphatic heterocycles. The lowest BCUT2D eigenvalue weighted by molar-refractivity contribution is 0.123. The van der Waals surface area contributed by atoms with Crippen LogP contribution in [0.25, 0.3) is 0 Å². The quantitative estimate of drug-likeness (QED) is 0.610. The van der Waals surface area contributed by atoms with E-state index in [2.05, 4.69) is 102 Å². The van der Waals surface area contributed by atoms with Gasteiger partial charge in [0.15, 0.2) is 0 Å². The standard InChI is InChI=1S/C23H30/c1-17-18(2)22(5,6)23(21(17,3)4,19-13-9-7-10-14-19)20-15-11-8-12-16-20/h7-18H,1-6H3. The van der Waals surface area contributed by atoms with Gasteiger partial charge in [-0.05, 0) is 33.8 Å². The molecule has 0 heterocycles. The van der Waals surface area contributed by atoms with Crippen molar-refractivity contribution in [3.63, 3.8) is 0 Å². The maximum Gasteiger partial charge on any atom is 0.0310 e. The second kappa shape index (κ2) is 5.23. The Bertz CT molecular complexity index is 602. The highest BCUT2D eigenvalue weighted by Crippen LogP contribution is 2.70. The Morgan fingerprint density at radius 1 is 0.565 bits per heavy atom. The molecule has 1 aliphatic carbocycles. The van der Waals surface area contributed by atoms with Crippen molar-refractivity contribution in [3.05, 3.63) is 71.8 Å². The van der Waals surface area contributed by atoms with Crippen molar-refractivity contribution in [3.8, 4) is 0 Å². The van der Waals surface area contributed by atoms with E-state index in [0.29, 0.717) is 11.8 Å². The largest absolute Gasteiger partial charge is 0.0622 e. The zero-order chi connectivity index (χ0) is 16.9. The normalized spacial score (nSPS) is 27.7. The van der Waals surface area contributed by atoms with Crippen molar-refractivity contribution in [2.45, 2.75) is 47.0 Å². The molecule has 0 bridgehead atoms. The Morgan fingerprint density at radius 2 is 0.870 bits per heavy atom. The van der Waals surface area contributed by atoms with Gasteiger partial charge in [0.1, 0.15) is 0 Å². The fourth-order valence-electron chi connectivity index (χ4n) is 5.79. The summed E-state index contributed by atoms with van der Waals surface area (Å²) >= 11 is 0. The van der Waals surface area contributed by atoms with E-state index in [0.717, 1.165) is 0 Å². The molecular formula is C23H30. The van der Waals surface area contributed by atoms with Crippen LogP contribution in [0.5, 0.6) is 0 Å². The van der Waals surface area contributed by atoms with E-state index in [1.54, 1.807) is 0 Å². The van der Waals surface area contributed by atoms with E-state index in [9.17, 15) is 0 Å². The number of benzene rings is 2. The Morgan fingerprint density at radius 3 is 1.17 bits per heavy atom. The fraction of sp³-hybridized carbons (Fsp3) is 0.478. The minimum Gasteiger partial charge on any atom is -0.0622 e. The molecule has 0 saturated heterocycles. The van der Waals surface area contributed by atoms with Crippen molar-refractivity contribution < 1.29 is 0 Å². The van der Waals surface area contributed by atoms with Gasteiger partial charge in [0.25, 0.3) is 0 Å². The number of rotatable bonds is 2. The minimum atomic E-state index is 0.0152. The maximum absolute atomic E-state index is 2.48. The van der Waals surface area contributed by atoms with Crippen LogP contribution in [0.15, 0.2) is 60.7 Å². The number of hydrogen-bond acceptors (Lipinski definition) is 0. The summed E-state index contributed by atoms with van der Waals surface area (Å²) in [6.07, 6.45) is 0. The van der Waals surface area contributed by atoms with E-state index >= 15 is 0 Å². The van der Waals surface area contributed by atoms with Crippen molar-refractivity contribution in [1.29, 1.82) is 0 Å². The van der Waals surface area contributed by atoms with Crippen molar-refractivity contribution in [2.75, 3.05) is 0 Å². The lowest BCUT2D eigenvalue weighted by Gasteiger charge is -2.52. The molecule has 0 amide bonds. The SMILES string of the molecule is CC1C(C)C(C)(C)C(c2ccccc2)(c2ccccc2)C1(C)C. The van der Waals surface area contributed by atoms with Crippen LogP contribution in [-0.2, 0) is 5.41 Å². The highest BCUT2D eigenvalue weighted by Gasteiger charge is 2.67. The molecule has 0 spiro atoms. The van der Waals surface area contributed by atoms with Crippen molar-refractivity contribution in [2.24, 2.45) is 22.7 Å². The lowest BCUT2D eigenvalue weighted by atomic mass is 9.51. The van der Waals surface area contributed by atoms with Crippen LogP contribution in [0, 0.1) is 22.7 Å². The van der Waals surface area contributed by atoms with Gasteiger partial charge in [-0.1, -0.05) is 102 Å². The third kappa shape index (κ3) is 1.90. The fourth-order valence-corrected chi connectivity index (χ4v) is 5.79. The molecule has 23 heavy (non-hydrogen) atoms. The zero-order valence-corrected chi connectivity index (χ0v) is 15.4. The molecule has 0 heteroatoms. The van der Waals surface area contributed by atoms with Crippen LogP contribution in [0.3, 0.4) is 0 Å². The molecule has 2 aromatic rings. The van der Waals surface area contributed by atoms with Gasteiger partial charge in [-0.3, -0.25) is 0 Å². The summed E-state index contributed by atoms with van der Waals surface area (Å²) in [6, 6.07) is 22.4. The summed E-state index contributed by atoms with van der Waals surface area (Å²) in [5.74, 6) is 1.30. The Balaban J connectivity index is 2.42. The average Bonchev–Trinajstić information content (AvgIpc) is 2.65. The predicted octanol–water partition coefficient (Wildman–Crippen LogP) is 6.31. The molecule has 1 saturated carbocycles. The van der Waals surface area contributed by atoms with E-state index in [-0.39, 0.29) is 16.2 Å². The van der Waals surface area contributed by atoms with E-state index in [1.165, 1.54) is 11.1 Å². The van der Waals surface area contributed by atoms with Gasteiger partial charge in [-0.25, -0.2) is 0 Å². The van der Waals surface area contributed by atoms with E-state index in [1.807, 2.05) is 0 Å². The Hall–Kier alpha value is -1.56.